The van der Waals surface area contributed by atoms with Crippen LogP contribution in [0, 0.1) is 5.41 Å². The van der Waals surface area contributed by atoms with Gasteiger partial charge in [0.2, 0.25) is 11.8 Å². The molecule has 0 spiro atoms. The first-order valence-electron chi connectivity index (χ1n) is 18.5. The third-order valence-electron chi connectivity index (χ3n) is 10.2. The van der Waals surface area contributed by atoms with Crippen LogP contribution in [0.1, 0.15) is 72.8 Å². The van der Waals surface area contributed by atoms with Gasteiger partial charge in [-0.15, -0.1) is 4.73 Å². The van der Waals surface area contributed by atoms with Crippen LogP contribution < -0.4 is 9.74 Å². The molecule has 1 aromatic heterocycles. The lowest BCUT2D eigenvalue weighted by molar-refractivity contribution is -0.145. The molecule has 0 saturated carbocycles. The van der Waals surface area contributed by atoms with Gasteiger partial charge in [0, 0.05) is 66.3 Å². The summed E-state index contributed by atoms with van der Waals surface area (Å²) >= 11 is 0. The number of rotatable bonds is 15. The third kappa shape index (κ3) is 9.42. The highest BCUT2D eigenvalue weighted by Gasteiger charge is 2.44. The standard InChI is InChI=1S/C40H51N3O11S2/c1-7-41(8-2)27-15-17-30-31(39(3,4)5)25-28(53-34(30)24-27)12-9-13-35-40(6,21-10-14-38(46)54-43-36(44)19-20-37(43)45)32-26-29(56(50,51)52)16-18-33(32)42(35)22-11-23-55(47,48)49/h9,12-13,15-20,24-26,34,44-45H,7-8,10-11,14,21-23H2,1-6H3,(H,47,48,49)(H,50,51,52). The van der Waals surface area contributed by atoms with Gasteiger partial charge < -0.3 is 29.6 Å². The Morgan fingerprint density at radius 2 is 1.70 bits per heavy atom. The number of aromatic nitrogens is 1. The predicted octanol–water partition coefficient (Wildman–Crippen LogP) is 6.19. The molecule has 0 bridgehead atoms. The maximum absolute atomic E-state index is 12.8. The van der Waals surface area contributed by atoms with Crippen molar-refractivity contribution in [2.75, 3.05) is 30.3 Å². The van der Waals surface area contributed by atoms with Crippen molar-refractivity contribution in [1.29, 1.82) is 0 Å². The lowest BCUT2D eigenvalue weighted by Gasteiger charge is -2.35. The number of allylic oxidation sites excluding steroid dienone is 7. The zero-order valence-corrected chi connectivity index (χ0v) is 34.1. The highest BCUT2D eigenvalue weighted by Crippen LogP contribution is 2.51. The molecule has 3 aliphatic rings. The second kappa shape index (κ2) is 16.4. The summed E-state index contributed by atoms with van der Waals surface area (Å²) in [6.45, 7) is 14.3. The van der Waals surface area contributed by atoms with Gasteiger partial charge >= 0.3 is 5.97 Å². The van der Waals surface area contributed by atoms with Crippen molar-refractivity contribution in [2.24, 2.45) is 5.41 Å². The summed E-state index contributed by atoms with van der Waals surface area (Å²) in [7, 11) is -8.91. The highest BCUT2D eigenvalue weighted by atomic mass is 32.2. The normalized spacial score (nSPS) is 20.5. The van der Waals surface area contributed by atoms with Gasteiger partial charge in [0.05, 0.1) is 10.6 Å². The van der Waals surface area contributed by atoms with E-state index < -0.39 is 49.1 Å². The first-order valence-corrected chi connectivity index (χ1v) is 21.5. The molecule has 2 aromatic rings. The molecule has 16 heteroatoms. The second-order valence-electron chi connectivity index (χ2n) is 15.2. The van der Waals surface area contributed by atoms with Crippen LogP contribution in [0.4, 0.5) is 5.69 Å². The Kier molecular flexibility index (Phi) is 12.4. The van der Waals surface area contributed by atoms with Gasteiger partial charge in [0.15, 0.2) is 0 Å². The van der Waals surface area contributed by atoms with Gasteiger partial charge in [-0.2, -0.15) is 16.8 Å². The molecule has 1 aliphatic carbocycles. The summed E-state index contributed by atoms with van der Waals surface area (Å²) in [5, 5.41) is 19.8. The Hall–Kier alpha value is -4.77. The number of carbonyl (C=O) groups is 1. The van der Waals surface area contributed by atoms with E-state index in [2.05, 4.69) is 57.7 Å². The van der Waals surface area contributed by atoms with Gasteiger partial charge in [-0.1, -0.05) is 32.9 Å². The molecule has 0 amide bonds. The topological polar surface area (TPSA) is 196 Å². The minimum absolute atomic E-state index is 0.0266. The number of hydrogen-bond acceptors (Lipinski definition) is 11. The maximum Gasteiger partial charge on any atom is 0.333 e. The molecule has 3 heterocycles. The van der Waals surface area contributed by atoms with E-state index in [4.69, 9.17) is 9.57 Å². The van der Waals surface area contributed by atoms with Crippen LogP contribution in [-0.4, -0.2) is 83.2 Å². The first-order chi connectivity index (χ1) is 26.2. The summed E-state index contributed by atoms with van der Waals surface area (Å²) in [4.78, 5) is 21.7. The highest BCUT2D eigenvalue weighted by molar-refractivity contribution is 7.86. The van der Waals surface area contributed by atoms with Crippen molar-refractivity contribution in [3.63, 3.8) is 0 Å². The van der Waals surface area contributed by atoms with Crippen LogP contribution in [-0.2, 0) is 35.2 Å². The molecule has 4 N–H and O–H groups in total. The smallest absolute Gasteiger partial charge is 0.333 e. The molecular weight excluding hydrogens is 763 g/mol. The van der Waals surface area contributed by atoms with E-state index in [9.17, 15) is 40.9 Å². The van der Waals surface area contributed by atoms with Gasteiger partial charge in [-0.25, -0.2) is 4.79 Å². The van der Waals surface area contributed by atoms with Crippen molar-refractivity contribution < 1.29 is 50.5 Å². The molecule has 2 atom stereocenters. The summed E-state index contributed by atoms with van der Waals surface area (Å²) in [5.41, 5.74) is 3.74. The largest absolute Gasteiger partial charge is 0.492 e. The molecule has 14 nitrogen and oxygen atoms in total. The molecule has 0 radical (unpaired) electrons. The van der Waals surface area contributed by atoms with Gasteiger partial charge in [-0.3, -0.25) is 9.11 Å². The fourth-order valence-corrected chi connectivity index (χ4v) is 8.42. The molecular formula is C40H51N3O11S2. The Bertz CT molecular complexity index is 2230. The van der Waals surface area contributed by atoms with Crippen molar-refractivity contribution in [2.45, 2.75) is 83.6 Å². The molecule has 2 unspecified atom stereocenters. The summed E-state index contributed by atoms with van der Waals surface area (Å²) in [6.07, 6.45) is 13.8. The van der Waals surface area contributed by atoms with Crippen molar-refractivity contribution in [3.05, 3.63) is 107 Å². The number of fused-ring (bicyclic) bond motifs is 2. The Morgan fingerprint density at radius 1 is 1.02 bits per heavy atom. The van der Waals surface area contributed by atoms with Gasteiger partial charge in [0.25, 0.3) is 20.2 Å². The number of benzene rings is 1. The van der Waals surface area contributed by atoms with Crippen LogP contribution >= 0.6 is 0 Å². The zero-order valence-electron chi connectivity index (χ0n) is 32.5. The number of nitrogens with zero attached hydrogens (tertiary/aromatic N) is 3. The molecule has 304 valence electrons. The van der Waals surface area contributed by atoms with E-state index in [-0.39, 0.29) is 48.6 Å². The maximum atomic E-state index is 12.8. The Morgan fingerprint density at radius 3 is 2.30 bits per heavy atom. The van der Waals surface area contributed by atoms with E-state index in [0.717, 1.165) is 42.1 Å². The minimum Gasteiger partial charge on any atom is -0.492 e. The van der Waals surface area contributed by atoms with Crippen molar-refractivity contribution >= 4 is 31.9 Å². The number of hydrogen-bond donors (Lipinski definition) is 4. The fourth-order valence-electron chi connectivity index (χ4n) is 7.42. The number of ether oxygens (including phenoxy) is 1. The van der Waals surface area contributed by atoms with E-state index in [0.29, 0.717) is 27.4 Å². The number of aromatic hydroxyl groups is 2. The number of anilines is 1. The van der Waals surface area contributed by atoms with E-state index in [1.54, 1.807) is 6.08 Å². The monoisotopic (exact) mass is 813 g/mol. The van der Waals surface area contributed by atoms with Crippen LogP contribution in [0.5, 0.6) is 11.8 Å². The van der Waals surface area contributed by atoms with Crippen LogP contribution in [0.25, 0.3) is 0 Å². The van der Waals surface area contributed by atoms with Crippen molar-refractivity contribution in [1.82, 2.24) is 9.63 Å². The average Bonchev–Trinajstić information content (AvgIpc) is 3.54. The summed E-state index contributed by atoms with van der Waals surface area (Å²) in [5.74, 6) is -1.61. The lowest BCUT2D eigenvalue weighted by atomic mass is 9.77. The fraction of sp³-hybridized carbons (Fsp3) is 0.425. The minimum atomic E-state index is -4.62. The molecule has 56 heavy (non-hydrogen) atoms. The second-order valence-corrected chi connectivity index (χ2v) is 18.1. The molecule has 5 rings (SSSR count). The SMILES string of the molecule is CCN(CC)C1=CC2OC(C=CC=C3N(CCCS(=O)(=O)O)c4ccc(S(=O)(=O)O)cc4C3(C)CCCC(=O)On3c(O)ccc3O)=CC(C(C)(C)C)=C2C=C1. The van der Waals surface area contributed by atoms with E-state index in [1.165, 1.54) is 18.2 Å². The molecule has 1 aromatic carbocycles. The Balaban J connectivity index is 1.54. The van der Waals surface area contributed by atoms with Crippen molar-refractivity contribution in [3.8, 4) is 11.8 Å². The van der Waals surface area contributed by atoms with Crippen LogP contribution in [0.2, 0.25) is 0 Å². The van der Waals surface area contributed by atoms with Gasteiger partial charge in [-0.05, 0) is 105 Å². The number of carbonyl (C=O) groups excluding carboxylic acids is 1. The molecule has 2 aliphatic heterocycles. The van der Waals surface area contributed by atoms with Crippen LogP contribution in [0.15, 0.2) is 106 Å². The molecule has 0 saturated heterocycles. The van der Waals surface area contributed by atoms with E-state index in [1.807, 2.05) is 30.1 Å². The third-order valence-corrected chi connectivity index (χ3v) is 11.9. The van der Waals surface area contributed by atoms with Crippen LogP contribution in [0.3, 0.4) is 0 Å². The summed E-state index contributed by atoms with van der Waals surface area (Å²) in [6, 6.07) is 6.48. The quantitative estimate of drug-likeness (QED) is 0.149. The number of likely N-dealkylation sites (N-methyl/N-ethyl adjacent to an activating group) is 1. The van der Waals surface area contributed by atoms with E-state index >= 15 is 0 Å². The Labute approximate surface area is 328 Å². The summed E-state index contributed by atoms with van der Waals surface area (Å²) < 4.78 is 74.7. The zero-order chi connectivity index (χ0) is 41.2. The molecule has 0 fully saturated rings. The average molecular weight is 814 g/mol. The lowest BCUT2D eigenvalue weighted by Crippen LogP contribution is -2.30. The van der Waals surface area contributed by atoms with Gasteiger partial charge in [0.1, 0.15) is 11.9 Å². The first kappa shape index (κ1) is 42.4. The predicted molar refractivity (Wildman–Crippen MR) is 212 cm³/mol.